The molecule has 2 nitrogen and oxygen atoms in total. The van der Waals surface area contributed by atoms with Gasteiger partial charge < -0.3 is 10.6 Å². The van der Waals surface area contributed by atoms with E-state index in [0.29, 0.717) is 12.1 Å². The van der Waals surface area contributed by atoms with Gasteiger partial charge in [-0.05, 0) is 44.2 Å². The summed E-state index contributed by atoms with van der Waals surface area (Å²) in [5.74, 6) is 0. The quantitative estimate of drug-likeness (QED) is 0.844. The van der Waals surface area contributed by atoms with Crippen molar-refractivity contribution < 1.29 is 0 Å². The van der Waals surface area contributed by atoms with Crippen molar-refractivity contribution >= 4 is 5.69 Å². The second-order valence-electron chi connectivity index (χ2n) is 7.85. The molecule has 0 spiro atoms. The number of fused-ring (bicyclic) bond motifs is 1. The number of nitrogens with one attached hydrogen (secondary N) is 2. The average molecular weight is 260 g/mol. The molecular weight excluding hydrogens is 232 g/mol. The van der Waals surface area contributed by atoms with Crippen LogP contribution in [0.15, 0.2) is 24.3 Å². The highest BCUT2D eigenvalue weighted by Gasteiger charge is 2.37. The van der Waals surface area contributed by atoms with E-state index in [1.165, 1.54) is 11.3 Å². The molecule has 2 rings (SSSR count). The topological polar surface area (TPSA) is 24.1 Å². The van der Waals surface area contributed by atoms with Gasteiger partial charge in [-0.15, -0.1) is 0 Å². The normalized spacial score (nSPS) is 20.8. The average Bonchev–Trinajstić information content (AvgIpc) is 2.66. The molecule has 0 amide bonds. The molecule has 106 valence electrons. The molecule has 0 radical (unpaired) electrons. The van der Waals surface area contributed by atoms with E-state index in [2.05, 4.69) is 76.4 Å². The summed E-state index contributed by atoms with van der Waals surface area (Å²) in [6.07, 6.45) is 1.11. The fraction of sp³-hybridized carbons (Fsp3) is 0.647. The van der Waals surface area contributed by atoms with E-state index in [1.807, 2.05) is 0 Å². The van der Waals surface area contributed by atoms with Gasteiger partial charge in [0.25, 0.3) is 0 Å². The van der Waals surface area contributed by atoms with Crippen molar-refractivity contribution in [3.63, 3.8) is 0 Å². The van der Waals surface area contributed by atoms with Crippen LogP contribution in [-0.4, -0.2) is 17.6 Å². The molecule has 0 bridgehead atoms. The highest BCUT2D eigenvalue weighted by Crippen LogP contribution is 2.33. The van der Waals surface area contributed by atoms with Gasteiger partial charge in [0, 0.05) is 23.3 Å². The zero-order valence-electron chi connectivity index (χ0n) is 13.2. The predicted molar refractivity (Wildman–Crippen MR) is 83.7 cm³/mol. The Morgan fingerprint density at radius 1 is 1.11 bits per heavy atom. The fourth-order valence-electron chi connectivity index (χ4n) is 2.92. The van der Waals surface area contributed by atoms with Crippen LogP contribution in [-0.2, 0) is 6.42 Å². The Balaban J connectivity index is 2.19. The summed E-state index contributed by atoms with van der Waals surface area (Å²) >= 11 is 0. The maximum atomic E-state index is 3.81. The number of hydrogen-bond donors (Lipinski definition) is 2. The molecule has 1 aromatic carbocycles. The molecule has 0 aliphatic carbocycles. The number of hydrogen-bond acceptors (Lipinski definition) is 2. The van der Waals surface area contributed by atoms with Gasteiger partial charge in [0.15, 0.2) is 0 Å². The summed E-state index contributed by atoms with van der Waals surface area (Å²) in [6.45, 7) is 13.7. The van der Waals surface area contributed by atoms with Gasteiger partial charge >= 0.3 is 0 Å². The van der Waals surface area contributed by atoms with Crippen molar-refractivity contribution in [3.8, 4) is 0 Å². The number of anilines is 1. The molecule has 1 aromatic rings. The third-order valence-electron chi connectivity index (χ3n) is 3.72. The molecule has 1 heterocycles. The maximum Gasteiger partial charge on any atom is 0.0461 e. The highest BCUT2D eigenvalue weighted by atomic mass is 15.1. The third kappa shape index (κ3) is 3.50. The van der Waals surface area contributed by atoms with Crippen LogP contribution in [0.3, 0.4) is 0 Å². The van der Waals surface area contributed by atoms with E-state index in [0.717, 1.165) is 6.42 Å². The lowest BCUT2D eigenvalue weighted by molar-refractivity contribution is 0.199. The Labute approximate surface area is 118 Å². The van der Waals surface area contributed by atoms with Crippen LogP contribution in [0.2, 0.25) is 0 Å². The predicted octanol–water partition coefficient (Wildman–Crippen LogP) is 3.83. The Morgan fingerprint density at radius 3 is 2.26 bits per heavy atom. The van der Waals surface area contributed by atoms with Crippen LogP contribution < -0.4 is 10.6 Å². The van der Waals surface area contributed by atoms with Crippen LogP contribution in [0, 0.1) is 5.41 Å². The van der Waals surface area contributed by atoms with Gasteiger partial charge in [-0.25, -0.2) is 0 Å². The lowest BCUT2D eigenvalue weighted by atomic mass is 9.80. The molecule has 2 N–H and O–H groups in total. The van der Waals surface area contributed by atoms with Gasteiger partial charge in [0.1, 0.15) is 0 Å². The monoisotopic (exact) mass is 260 g/mol. The number of para-hydroxylation sites is 1. The van der Waals surface area contributed by atoms with Crippen LogP contribution >= 0.6 is 0 Å². The summed E-state index contributed by atoms with van der Waals surface area (Å²) in [5.41, 5.74) is 3.11. The first-order valence-corrected chi connectivity index (χ1v) is 7.29. The smallest absolute Gasteiger partial charge is 0.0461 e. The Hall–Kier alpha value is -1.02. The third-order valence-corrected chi connectivity index (χ3v) is 3.72. The lowest BCUT2D eigenvalue weighted by Gasteiger charge is -2.41. The second-order valence-corrected chi connectivity index (χ2v) is 7.85. The van der Waals surface area contributed by atoms with E-state index < -0.39 is 0 Å². The molecular formula is C17H28N2. The summed E-state index contributed by atoms with van der Waals surface area (Å²) in [7, 11) is 0. The standard InChI is InChI=1S/C17H28N2/c1-16(2,3)15(19-17(4,5)6)14-11-12-9-7-8-10-13(12)18-14/h7-10,14-15,18-19H,11H2,1-6H3. The molecule has 0 saturated carbocycles. The van der Waals surface area contributed by atoms with Gasteiger partial charge in [0.05, 0.1) is 0 Å². The largest absolute Gasteiger partial charge is 0.380 e. The summed E-state index contributed by atoms with van der Waals surface area (Å²) in [6, 6.07) is 9.58. The molecule has 2 atom stereocenters. The summed E-state index contributed by atoms with van der Waals surface area (Å²) in [4.78, 5) is 0. The minimum atomic E-state index is 0.133. The summed E-state index contributed by atoms with van der Waals surface area (Å²) < 4.78 is 0. The molecule has 2 heteroatoms. The fourth-order valence-corrected chi connectivity index (χ4v) is 2.92. The Kier molecular flexibility index (Phi) is 3.65. The lowest BCUT2D eigenvalue weighted by Crippen LogP contribution is -2.57. The van der Waals surface area contributed by atoms with E-state index >= 15 is 0 Å². The van der Waals surface area contributed by atoms with Crippen molar-refractivity contribution in [2.75, 3.05) is 5.32 Å². The van der Waals surface area contributed by atoms with Crippen molar-refractivity contribution in [1.82, 2.24) is 5.32 Å². The van der Waals surface area contributed by atoms with Gasteiger partial charge in [-0.3, -0.25) is 0 Å². The Bertz CT molecular complexity index is 412. The maximum absolute atomic E-state index is 3.81. The number of benzene rings is 1. The molecule has 0 saturated heterocycles. The first-order chi connectivity index (χ1) is 8.67. The minimum absolute atomic E-state index is 0.133. The van der Waals surface area contributed by atoms with Crippen LogP contribution in [0.1, 0.15) is 47.1 Å². The van der Waals surface area contributed by atoms with E-state index in [4.69, 9.17) is 0 Å². The first kappa shape index (κ1) is 14.4. The molecule has 19 heavy (non-hydrogen) atoms. The zero-order valence-corrected chi connectivity index (χ0v) is 13.2. The van der Waals surface area contributed by atoms with Crippen LogP contribution in [0.25, 0.3) is 0 Å². The molecule has 0 aromatic heterocycles. The molecule has 2 unspecified atom stereocenters. The SMILES string of the molecule is CC(C)(C)NC(C1Cc2ccccc2N1)C(C)(C)C. The molecule has 0 fully saturated rings. The van der Waals surface area contributed by atoms with E-state index in [-0.39, 0.29) is 11.0 Å². The van der Waals surface area contributed by atoms with E-state index in [9.17, 15) is 0 Å². The van der Waals surface area contributed by atoms with E-state index in [1.54, 1.807) is 0 Å². The van der Waals surface area contributed by atoms with Crippen LogP contribution in [0.5, 0.6) is 0 Å². The number of rotatable bonds is 2. The van der Waals surface area contributed by atoms with Crippen molar-refractivity contribution in [1.29, 1.82) is 0 Å². The highest BCUT2D eigenvalue weighted by molar-refractivity contribution is 5.57. The summed E-state index contributed by atoms with van der Waals surface area (Å²) in [5, 5.41) is 7.51. The van der Waals surface area contributed by atoms with Gasteiger partial charge in [0.2, 0.25) is 0 Å². The molecule has 1 aliphatic rings. The van der Waals surface area contributed by atoms with Crippen molar-refractivity contribution in [3.05, 3.63) is 29.8 Å². The second kappa shape index (κ2) is 4.82. The van der Waals surface area contributed by atoms with Crippen molar-refractivity contribution in [2.45, 2.75) is 65.6 Å². The van der Waals surface area contributed by atoms with Gasteiger partial charge in [-0.1, -0.05) is 39.0 Å². The van der Waals surface area contributed by atoms with Gasteiger partial charge in [-0.2, -0.15) is 0 Å². The minimum Gasteiger partial charge on any atom is -0.380 e. The Morgan fingerprint density at radius 2 is 1.74 bits per heavy atom. The zero-order chi connectivity index (χ0) is 14.3. The molecule has 1 aliphatic heterocycles. The van der Waals surface area contributed by atoms with Crippen molar-refractivity contribution in [2.24, 2.45) is 5.41 Å². The first-order valence-electron chi connectivity index (χ1n) is 7.29. The van der Waals surface area contributed by atoms with Crippen LogP contribution in [0.4, 0.5) is 5.69 Å².